The van der Waals surface area contributed by atoms with Gasteiger partial charge >= 0.3 is 0 Å². The number of likely N-dealkylation sites (N-methyl/N-ethyl adjacent to an activating group) is 1. The van der Waals surface area contributed by atoms with Crippen molar-refractivity contribution in [1.82, 2.24) is 4.90 Å². The maximum atomic E-state index is 10.6. The van der Waals surface area contributed by atoms with Crippen LogP contribution in [0.4, 0.5) is 0 Å². The monoisotopic (exact) mass is 225 g/mol. The Labute approximate surface area is 100 Å². The van der Waals surface area contributed by atoms with E-state index in [4.69, 9.17) is 0 Å². The van der Waals surface area contributed by atoms with Crippen LogP contribution in [0.25, 0.3) is 0 Å². The van der Waals surface area contributed by atoms with E-state index < -0.39 is 0 Å². The van der Waals surface area contributed by atoms with Gasteiger partial charge in [-0.25, -0.2) is 0 Å². The van der Waals surface area contributed by atoms with Gasteiger partial charge in [-0.15, -0.1) is 0 Å². The van der Waals surface area contributed by atoms with Crippen molar-refractivity contribution < 1.29 is 5.11 Å². The Morgan fingerprint density at radius 1 is 1.19 bits per heavy atom. The van der Waals surface area contributed by atoms with Gasteiger partial charge in [0.25, 0.3) is 0 Å². The molecule has 2 saturated carbocycles. The zero-order valence-corrected chi connectivity index (χ0v) is 10.9. The standard InChI is InChI=1S/C14H27NO/c1-3-15(4-2)14(9-5-6-10-14)13(16)11-12-7-8-12/h12-13,16H,3-11H2,1-2H3. The highest BCUT2D eigenvalue weighted by atomic mass is 16.3. The van der Waals surface area contributed by atoms with Crippen molar-refractivity contribution in [3.8, 4) is 0 Å². The van der Waals surface area contributed by atoms with E-state index in [-0.39, 0.29) is 11.6 Å². The molecule has 2 fully saturated rings. The molecule has 2 nitrogen and oxygen atoms in total. The highest BCUT2D eigenvalue weighted by Crippen LogP contribution is 2.43. The van der Waals surface area contributed by atoms with Crippen LogP contribution in [-0.2, 0) is 0 Å². The Morgan fingerprint density at radius 2 is 1.75 bits per heavy atom. The highest BCUT2D eigenvalue weighted by molar-refractivity contribution is 5.01. The molecule has 2 heteroatoms. The maximum absolute atomic E-state index is 10.6. The number of aliphatic hydroxyl groups excluding tert-OH is 1. The lowest BCUT2D eigenvalue weighted by atomic mass is 9.85. The van der Waals surface area contributed by atoms with Crippen LogP contribution in [0.15, 0.2) is 0 Å². The van der Waals surface area contributed by atoms with Crippen molar-refractivity contribution in [2.45, 2.75) is 70.4 Å². The fourth-order valence-electron chi connectivity index (χ4n) is 3.59. The molecular formula is C14H27NO. The second-order valence-electron chi connectivity index (χ2n) is 5.68. The lowest BCUT2D eigenvalue weighted by molar-refractivity contribution is -0.0316. The minimum atomic E-state index is -0.0811. The van der Waals surface area contributed by atoms with E-state index in [0.29, 0.717) is 0 Å². The molecule has 0 bridgehead atoms. The van der Waals surface area contributed by atoms with E-state index in [2.05, 4.69) is 18.7 Å². The SMILES string of the molecule is CCN(CC)C1(C(O)CC2CC2)CCCC1. The summed E-state index contributed by atoms with van der Waals surface area (Å²) in [5.74, 6) is 0.836. The molecule has 0 amide bonds. The summed E-state index contributed by atoms with van der Waals surface area (Å²) in [6.07, 6.45) is 8.71. The molecular weight excluding hydrogens is 198 g/mol. The zero-order valence-electron chi connectivity index (χ0n) is 10.9. The second-order valence-corrected chi connectivity index (χ2v) is 5.68. The van der Waals surface area contributed by atoms with Crippen molar-refractivity contribution in [3.05, 3.63) is 0 Å². The first-order valence-corrected chi connectivity index (χ1v) is 7.16. The van der Waals surface area contributed by atoms with Crippen LogP contribution >= 0.6 is 0 Å². The molecule has 1 N–H and O–H groups in total. The first kappa shape index (κ1) is 12.4. The summed E-state index contributed by atoms with van der Waals surface area (Å²) in [5, 5.41) is 10.6. The fourth-order valence-corrected chi connectivity index (χ4v) is 3.59. The largest absolute Gasteiger partial charge is 0.391 e. The third-order valence-corrected chi connectivity index (χ3v) is 4.74. The average molecular weight is 225 g/mol. The van der Waals surface area contributed by atoms with Crippen molar-refractivity contribution in [2.75, 3.05) is 13.1 Å². The fraction of sp³-hybridized carbons (Fsp3) is 1.00. The number of rotatable bonds is 6. The lowest BCUT2D eigenvalue weighted by Gasteiger charge is -2.44. The predicted molar refractivity (Wildman–Crippen MR) is 67.5 cm³/mol. The molecule has 0 radical (unpaired) electrons. The van der Waals surface area contributed by atoms with Gasteiger partial charge in [-0.1, -0.05) is 39.5 Å². The topological polar surface area (TPSA) is 23.5 Å². The van der Waals surface area contributed by atoms with Gasteiger partial charge in [0.1, 0.15) is 0 Å². The minimum Gasteiger partial charge on any atom is -0.391 e. The number of hydrogen-bond donors (Lipinski definition) is 1. The van der Waals surface area contributed by atoms with Crippen molar-refractivity contribution in [1.29, 1.82) is 0 Å². The quantitative estimate of drug-likeness (QED) is 0.751. The smallest absolute Gasteiger partial charge is 0.0726 e. The van der Waals surface area contributed by atoms with Crippen molar-refractivity contribution in [3.63, 3.8) is 0 Å². The summed E-state index contributed by atoms with van der Waals surface area (Å²) in [4.78, 5) is 2.52. The van der Waals surface area contributed by atoms with E-state index in [1.165, 1.54) is 38.5 Å². The Kier molecular flexibility index (Phi) is 3.91. The van der Waals surface area contributed by atoms with Crippen LogP contribution in [-0.4, -0.2) is 34.7 Å². The van der Waals surface area contributed by atoms with Crippen LogP contribution in [0.1, 0.15) is 58.8 Å². The van der Waals surface area contributed by atoms with Crippen LogP contribution in [0.2, 0.25) is 0 Å². The second kappa shape index (κ2) is 5.05. The molecule has 0 spiro atoms. The molecule has 0 saturated heterocycles. The van der Waals surface area contributed by atoms with E-state index in [1.54, 1.807) is 0 Å². The van der Waals surface area contributed by atoms with Crippen LogP contribution in [0.5, 0.6) is 0 Å². The molecule has 1 unspecified atom stereocenters. The molecule has 0 heterocycles. The molecule has 2 aliphatic rings. The van der Waals surface area contributed by atoms with E-state index >= 15 is 0 Å². The minimum absolute atomic E-state index is 0.0811. The maximum Gasteiger partial charge on any atom is 0.0726 e. The summed E-state index contributed by atoms with van der Waals surface area (Å²) in [6.45, 7) is 6.62. The Morgan fingerprint density at radius 3 is 2.19 bits per heavy atom. The van der Waals surface area contributed by atoms with Gasteiger partial charge in [0, 0.05) is 5.54 Å². The number of aliphatic hydroxyl groups is 1. The summed E-state index contributed by atoms with van der Waals surface area (Å²) in [6, 6.07) is 0. The first-order chi connectivity index (χ1) is 7.73. The summed E-state index contributed by atoms with van der Waals surface area (Å²) in [5.41, 5.74) is 0.131. The van der Waals surface area contributed by atoms with E-state index in [9.17, 15) is 5.11 Å². The Balaban J connectivity index is 2.05. The first-order valence-electron chi connectivity index (χ1n) is 7.16. The van der Waals surface area contributed by atoms with Crippen molar-refractivity contribution >= 4 is 0 Å². The highest BCUT2D eigenvalue weighted by Gasteiger charge is 2.45. The van der Waals surface area contributed by atoms with Gasteiger partial charge < -0.3 is 5.11 Å². The zero-order chi connectivity index (χ0) is 11.6. The lowest BCUT2D eigenvalue weighted by Crippen LogP contribution is -2.55. The molecule has 0 aliphatic heterocycles. The summed E-state index contributed by atoms with van der Waals surface area (Å²) >= 11 is 0. The normalized spacial score (nSPS) is 26.2. The molecule has 2 aliphatic carbocycles. The third kappa shape index (κ3) is 2.28. The van der Waals surface area contributed by atoms with Crippen LogP contribution in [0, 0.1) is 5.92 Å². The summed E-state index contributed by atoms with van der Waals surface area (Å²) < 4.78 is 0. The van der Waals surface area contributed by atoms with Gasteiger partial charge in [-0.2, -0.15) is 0 Å². The molecule has 2 rings (SSSR count). The van der Waals surface area contributed by atoms with Crippen LogP contribution < -0.4 is 0 Å². The van der Waals surface area contributed by atoms with Gasteiger partial charge in [0.2, 0.25) is 0 Å². The molecule has 0 aromatic heterocycles. The van der Waals surface area contributed by atoms with Crippen LogP contribution in [0.3, 0.4) is 0 Å². The van der Waals surface area contributed by atoms with Gasteiger partial charge in [-0.3, -0.25) is 4.90 Å². The molecule has 0 aromatic rings. The molecule has 1 atom stereocenters. The van der Waals surface area contributed by atoms with Gasteiger partial charge in [-0.05, 0) is 38.3 Å². The molecule has 16 heavy (non-hydrogen) atoms. The summed E-state index contributed by atoms with van der Waals surface area (Å²) in [7, 11) is 0. The molecule has 0 aromatic carbocycles. The molecule has 94 valence electrons. The Bertz CT molecular complexity index is 215. The third-order valence-electron chi connectivity index (χ3n) is 4.74. The Hall–Kier alpha value is -0.0800. The van der Waals surface area contributed by atoms with Gasteiger partial charge in [0.05, 0.1) is 6.10 Å². The predicted octanol–water partition coefficient (Wildman–Crippen LogP) is 2.80. The number of nitrogens with zero attached hydrogens (tertiary/aromatic N) is 1. The van der Waals surface area contributed by atoms with Gasteiger partial charge in [0.15, 0.2) is 0 Å². The number of hydrogen-bond acceptors (Lipinski definition) is 2. The van der Waals surface area contributed by atoms with E-state index in [0.717, 1.165) is 25.4 Å². The average Bonchev–Trinajstić information content (AvgIpc) is 2.96. The van der Waals surface area contributed by atoms with Crippen molar-refractivity contribution in [2.24, 2.45) is 5.92 Å². The van der Waals surface area contributed by atoms with E-state index in [1.807, 2.05) is 0 Å².